The average molecular weight is 384 g/mol. The molecule has 7 nitrogen and oxygen atoms in total. The Hall–Kier alpha value is -3.22. The van der Waals surface area contributed by atoms with Gasteiger partial charge in [-0.25, -0.2) is 0 Å². The van der Waals surface area contributed by atoms with Crippen LogP contribution in [0.5, 0.6) is 17.2 Å². The summed E-state index contributed by atoms with van der Waals surface area (Å²) in [4.78, 5) is 23.4. The van der Waals surface area contributed by atoms with Crippen LogP contribution >= 0.6 is 0 Å². The SMILES string of the molecule is CCOc1cc2c(cc1NC(=O)COc1ccc(NC(C)=O)cc1)OC(C)C2. The second-order valence-electron chi connectivity index (χ2n) is 6.56. The first-order valence-electron chi connectivity index (χ1n) is 9.21. The third kappa shape index (κ3) is 4.94. The molecule has 2 aromatic carbocycles. The van der Waals surface area contributed by atoms with Crippen molar-refractivity contribution in [2.24, 2.45) is 0 Å². The van der Waals surface area contributed by atoms with Gasteiger partial charge in [0, 0.05) is 30.7 Å². The summed E-state index contributed by atoms with van der Waals surface area (Å²) < 4.78 is 16.9. The molecule has 0 bridgehead atoms. The van der Waals surface area contributed by atoms with Gasteiger partial charge in [0.1, 0.15) is 23.4 Å². The van der Waals surface area contributed by atoms with Crippen molar-refractivity contribution in [3.63, 3.8) is 0 Å². The Bertz CT molecular complexity index is 864. The topological polar surface area (TPSA) is 85.9 Å². The first kappa shape index (κ1) is 19.5. The molecule has 0 radical (unpaired) electrons. The van der Waals surface area contributed by atoms with E-state index in [0.717, 1.165) is 17.7 Å². The molecule has 2 aromatic rings. The molecule has 1 unspecified atom stereocenters. The highest BCUT2D eigenvalue weighted by atomic mass is 16.5. The fourth-order valence-corrected chi connectivity index (χ4v) is 2.98. The van der Waals surface area contributed by atoms with Crippen LogP contribution in [0.3, 0.4) is 0 Å². The average Bonchev–Trinajstić information content (AvgIpc) is 3.00. The highest BCUT2D eigenvalue weighted by Gasteiger charge is 2.22. The Morgan fingerprint density at radius 1 is 1.14 bits per heavy atom. The molecule has 0 aromatic heterocycles. The van der Waals surface area contributed by atoms with Crippen LogP contribution in [0.1, 0.15) is 26.3 Å². The van der Waals surface area contributed by atoms with Crippen LogP contribution in [0.25, 0.3) is 0 Å². The molecule has 148 valence electrons. The Balaban J connectivity index is 1.61. The monoisotopic (exact) mass is 384 g/mol. The number of ether oxygens (including phenoxy) is 3. The van der Waals surface area contributed by atoms with E-state index in [1.165, 1.54) is 6.92 Å². The normalized spacial score (nSPS) is 14.6. The van der Waals surface area contributed by atoms with Gasteiger partial charge in [0.15, 0.2) is 6.61 Å². The van der Waals surface area contributed by atoms with Gasteiger partial charge in [-0.05, 0) is 44.2 Å². The maximum absolute atomic E-state index is 12.3. The van der Waals surface area contributed by atoms with Crippen LogP contribution in [0.15, 0.2) is 36.4 Å². The van der Waals surface area contributed by atoms with Gasteiger partial charge >= 0.3 is 0 Å². The summed E-state index contributed by atoms with van der Waals surface area (Å²) in [6.45, 7) is 5.68. The fraction of sp³-hybridized carbons (Fsp3) is 0.333. The summed E-state index contributed by atoms with van der Waals surface area (Å²) >= 11 is 0. The number of hydrogen-bond acceptors (Lipinski definition) is 5. The molecule has 2 N–H and O–H groups in total. The van der Waals surface area contributed by atoms with Crippen molar-refractivity contribution in [3.8, 4) is 17.2 Å². The molecule has 0 saturated carbocycles. The molecule has 28 heavy (non-hydrogen) atoms. The largest absolute Gasteiger partial charge is 0.492 e. The van der Waals surface area contributed by atoms with Crippen molar-refractivity contribution in [1.82, 2.24) is 0 Å². The van der Waals surface area contributed by atoms with E-state index in [0.29, 0.717) is 29.5 Å². The van der Waals surface area contributed by atoms with E-state index in [-0.39, 0.29) is 24.5 Å². The van der Waals surface area contributed by atoms with E-state index in [9.17, 15) is 9.59 Å². The lowest BCUT2D eigenvalue weighted by molar-refractivity contribution is -0.118. The van der Waals surface area contributed by atoms with Gasteiger partial charge in [-0.15, -0.1) is 0 Å². The number of nitrogens with one attached hydrogen (secondary N) is 2. The minimum absolute atomic E-state index is 0.110. The number of carbonyl (C=O) groups excluding carboxylic acids is 2. The number of carbonyl (C=O) groups is 2. The minimum Gasteiger partial charge on any atom is -0.492 e. The molecule has 0 saturated heterocycles. The summed E-state index contributed by atoms with van der Waals surface area (Å²) in [5.41, 5.74) is 2.30. The number of fused-ring (bicyclic) bond motifs is 1. The lowest BCUT2D eigenvalue weighted by Gasteiger charge is -2.14. The number of rotatable bonds is 7. The smallest absolute Gasteiger partial charge is 0.262 e. The van der Waals surface area contributed by atoms with Crippen molar-refractivity contribution >= 4 is 23.2 Å². The molecule has 2 amide bonds. The lowest BCUT2D eigenvalue weighted by Crippen LogP contribution is -2.20. The van der Waals surface area contributed by atoms with Crippen LogP contribution in [-0.4, -0.2) is 31.1 Å². The summed E-state index contributed by atoms with van der Waals surface area (Å²) in [7, 11) is 0. The molecule has 1 atom stereocenters. The van der Waals surface area contributed by atoms with E-state index in [1.807, 2.05) is 19.9 Å². The van der Waals surface area contributed by atoms with E-state index < -0.39 is 0 Å². The molecule has 1 heterocycles. The molecular weight excluding hydrogens is 360 g/mol. The molecule has 1 aliphatic heterocycles. The van der Waals surface area contributed by atoms with Crippen molar-refractivity contribution in [1.29, 1.82) is 0 Å². The van der Waals surface area contributed by atoms with Crippen molar-refractivity contribution in [3.05, 3.63) is 42.0 Å². The third-order valence-electron chi connectivity index (χ3n) is 4.12. The van der Waals surface area contributed by atoms with E-state index >= 15 is 0 Å². The predicted octanol–water partition coefficient (Wildman–Crippen LogP) is 3.38. The van der Waals surface area contributed by atoms with Gasteiger partial charge < -0.3 is 24.8 Å². The Kier molecular flexibility index (Phi) is 6.03. The Morgan fingerprint density at radius 2 is 1.89 bits per heavy atom. The van der Waals surface area contributed by atoms with Crippen molar-refractivity contribution in [2.45, 2.75) is 33.3 Å². The van der Waals surface area contributed by atoms with Crippen LogP contribution in [-0.2, 0) is 16.0 Å². The summed E-state index contributed by atoms with van der Waals surface area (Å²) in [5, 5.41) is 5.49. The van der Waals surface area contributed by atoms with Crippen LogP contribution in [0.2, 0.25) is 0 Å². The maximum atomic E-state index is 12.3. The molecule has 0 fully saturated rings. The van der Waals surface area contributed by atoms with Crippen LogP contribution in [0.4, 0.5) is 11.4 Å². The predicted molar refractivity (Wildman–Crippen MR) is 106 cm³/mol. The molecule has 1 aliphatic rings. The lowest BCUT2D eigenvalue weighted by atomic mass is 10.1. The Labute approximate surface area is 164 Å². The van der Waals surface area contributed by atoms with Crippen molar-refractivity contribution in [2.75, 3.05) is 23.8 Å². The molecule has 0 spiro atoms. The quantitative estimate of drug-likeness (QED) is 0.764. The maximum Gasteiger partial charge on any atom is 0.262 e. The number of amides is 2. The zero-order chi connectivity index (χ0) is 20.1. The number of anilines is 2. The van der Waals surface area contributed by atoms with Gasteiger partial charge in [0.25, 0.3) is 5.91 Å². The molecule has 0 aliphatic carbocycles. The van der Waals surface area contributed by atoms with Gasteiger partial charge in [0.2, 0.25) is 5.91 Å². The second-order valence-corrected chi connectivity index (χ2v) is 6.56. The van der Waals surface area contributed by atoms with Gasteiger partial charge in [-0.1, -0.05) is 0 Å². The fourth-order valence-electron chi connectivity index (χ4n) is 2.98. The van der Waals surface area contributed by atoms with E-state index in [1.54, 1.807) is 30.3 Å². The van der Waals surface area contributed by atoms with Gasteiger partial charge in [-0.2, -0.15) is 0 Å². The van der Waals surface area contributed by atoms with E-state index in [2.05, 4.69) is 10.6 Å². The zero-order valence-corrected chi connectivity index (χ0v) is 16.2. The van der Waals surface area contributed by atoms with E-state index in [4.69, 9.17) is 14.2 Å². The molecular formula is C21H24N2O5. The number of benzene rings is 2. The summed E-state index contributed by atoms with van der Waals surface area (Å²) in [6, 6.07) is 10.5. The van der Waals surface area contributed by atoms with Crippen LogP contribution < -0.4 is 24.8 Å². The molecule has 7 heteroatoms. The van der Waals surface area contributed by atoms with Gasteiger partial charge in [-0.3, -0.25) is 9.59 Å². The standard InChI is InChI=1S/C21H24N2O5/c1-4-26-20-10-15-9-13(2)28-19(15)11-18(20)23-21(25)12-27-17-7-5-16(6-8-17)22-14(3)24/h5-8,10-11,13H,4,9,12H2,1-3H3,(H,22,24)(H,23,25). The zero-order valence-electron chi connectivity index (χ0n) is 16.2. The highest BCUT2D eigenvalue weighted by Crippen LogP contribution is 2.38. The van der Waals surface area contributed by atoms with Gasteiger partial charge in [0.05, 0.1) is 12.3 Å². The minimum atomic E-state index is -0.308. The Morgan fingerprint density at radius 3 is 2.57 bits per heavy atom. The van der Waals surface area contributed by atoms with Crippen molar-refractivity contribution < 1.29 is 23.8 Å². The molecule has 3 rings (SSSR count). The third-order valence-corrected chi connectivity index (χ3v) is 4.12. The summed E-state index contributed by atoms with van der Waals surface area (Å²) in [5.74, 6) is 1.46. The number of hydrogen-bond donors (Lipinski definition) is 2. The highest BCUT2D eigenvalue weighted by molar-refractivity contribution is 5.94. The summed E-state index contributed by atoms with van der Waals surface area (Å²) in [6.07, 6.45) is 0.931. The first-order chi connectivity index (χ1) is 13.4. The first-order valence-corrected chi connectivity index (χ1v) is 9.21. The second kappa shape index (κ2) is 8.65. The van der Waals surface area contributed by atoms with Crippen LogP contribution in [0, 0.1) is 0 Å².